The van der Waals surface area contributed by atoms with E-state index in [-0.39, 0.29) is 5.82 Å². The molecule has 1 aromatic rings. The molecule has 0 aromatic heterocycles. The Bertz CT molecular complexity index is 448. The Morgan fingerprint density at radius 1 is 1.33 bits per heavy atom. The lowest BCUT2D eigenvalue weighted by Crippen LogP contribution is -2.38. The summed E-state index contributed by atoms with van der Waals surface area (Å²) in [5, 5.41) is 9.56. The van der Waals surface area contributed by atoms with Crippen molar-refractivity contribution >= 4 is 5.97 Å². The number of hydrogen-bond donors (Lipinski definition) is 1. The first kappa shape index (κ1) is 13.1. The molecule has 0 unspecified atom stereocenters. The summed E-state index contributed by atoms with van der Waals surface area (Å²) in [4.78, 5) is 11.7. The standard InChI is InChI=1S/C15H19FO2/c1-2-11-6-7-13(16)12(10-11)15(14(17)18)8-4-3-5-9-15/h6-7,10H,2-5,8-9H2,1H3,(H,17,18). The molecule has 1 aliphatic rings. The molecule has 0 aliphatic heterocycles. The number of hydrogen-bond acceptors (Lipinski definition) is 1. The van der Waals surface area contributed by atoms with Crippen LogP contribution in [0.1, 0.15) is 50.2 Å². The third-order valence-corrected chi connectivity index (χ3v) is 4.07. The van der Waals surface area contributed by atoms with Crippen LogP contribution >= 0.6 is 0 Å². The molecule has 0 spiro atoms. The summed E-state index contributed by atoms with van der Waals surface area (Å²) in [5.41, 5.74) is 0.375. The van der Waals surface area contributed by atoms with E-state index in [0.717, 1.165) is 31.2 Å². The van der Waals surface area contributed by atoms with Gasteiger partial charge in [-0.05, 0) is 30.9 Å². The van der Waals surface area contributed by atoms with Crippen LogP contribution in [0.3, 0.4) is 0 Å². The van der Waals surface area contributed by atoms with Crippen molar-refractivity contribution in [2.75, 3.05) is 0 Å². The predicted molar refractivity (Wildman–Crippen MR) is 68.2 cm³/mol. The first-order chi connectivity index (χ1) is 8.60. The quantitative estimate of drug-likeness (QED) is 0.888. The van der Waals surface area contributed by atoms with Gasteiger partial charge in [-0.1, -0.05) is 38.3 Å². The molecule has 3 heteroatoms. The van der Waals surface area contributed by atoms with Crippen LogP contribution in [0.2, 0.25) is 0 Å². The van der Waals surface area contributed by atoms with Crippen LogP contribution in [-0.4, -0.2) is 11.1 Å². The average Bonchev–Trinajstić information content (AvgIpc) is 2.40. The van der Waals surface area contributed by atoms with Crippen molar-refractivity contribution in [1.82, 2.24) is 0 Å². The molecule has 0 bridgehead atoms. The predicted octanol–water partition coefficient (Wildman–Crippen LogP) is 3.67. The Kier molecular flexibility index (Phi) is 3.69. The largest absolute Gasteiger partial charge is 0.481 e. The smallest absolute Gasteiger partial charge is 0.314 e. The van der Waals surface area contributed by atoms with Gasteiger partial charge in [0, 0.05) is 5.56 Å². The van der Waals surface area contributed by atoms with Crippen molar-refractivity contribution in [2.24, 2.45) is 0 Å². The average molecular weight is 250 g/mol. The summed E-state index contributed by atoms with van der Waals surface area (Å²) < 4.78 is 14.0. The van der Waals surface area contributed by atoms with Gasteiger partial charge in [-0.15, -0.1) is 0 Å². The zero-order chi connectivity index (χ0) is 13.2. The van der Waals surface area contributed by atoms with Crippen molar-refractivity contribution in [3.8, 4) is 0 Å². The molecule has 0 radical (unpaired) electrons. The van der Waals surface area contributed by atoms with Crippen LogP contribution in [0.15, 0.2) is 18.2 Å². The van der Waals surface area contributed by atoms with Crippen molar-refractivity contribution in [3.05, 3.63) is 35.1 Å². The lowest BCUT2D eigenvalue weighted by Gasteiger charge is -2.34. The Balaban J connectivity index is 2.51. The van der Waals surface area contributed by atoms with Crippen LogP contribution in [-0.2, 0) is 16.6 Å². The highest BCUT2D eigenvalue weighted by Gasteiger charge is 2.43. The molecule has 0 saturated heterocycles. The highest BCUT2D eigenvalue weighted by Crippen LogP contribution is 2.41. The number of benzene rings is 1. The van der Waals surface area contributed by atoms with E-state index in [1.165, 1.54) is 6.07 Å². The van der Waals surface area contributed by atoms with E-state index in [0.29, 0.717) is 18.4 Å². The molecule has 2 nitrogen and oxygen atoms in total. The van der Waals surface area contributed by atoms with Gasteiger partial charge in [-0.2, -0.15) is 0 Å². The molecule has 0 atom stereocenters. The van der Waals surface area contributed by atoms with Crippen molar-refractivity contribution in [3.63, 3.8) is 0 Å². The van der Waals surface area contributed by atoms with Crippen LogP contribution < -0.4 is 0 Å². The van der Waals surface area contributed by atoms with Gasteiger partial charge in [0.1, 0.15) is 5.82 Å². The summed E-state index contributed by atoms with van der Waals surface area (Å²) in [6, 6.07) is 4.89. The van der Waals surface area contributed by atoms with E-state index in [1.807, 2.05) is 6.92 Å². The van der Waals surface area contributed by atoms with E-state index in [1.54, 1.807) is 12.1 Å². The van der Waals surface area contributed by atoms with Gasteiger partial charge in [0.05, 0.1) is 5.41 Å². The van der Waals surface area contributed by atoms with Crippen LogP contribution in [0.5, 0.6) is 0 Å². The Labute approximate surface area is 107 Å². The summed E-state index contributed by atoms with van der Waals surface area (Å²) in [6.07, 6.45) is 4.66. The molecule has 1 N–H and O–H groups in total. The summed E-state index contributed by atoms with van der Waals surface area (Å²) in [7, 11) is 0. The van der Waals surface area contributed by atoms with E-state index >= 15 is 0 Å². The normalized spacial score (nSPS) is 18.6. The molecule has 1 aromatic carbocycles. The molecule has 0 heterocycles. The maximum absolute atomic E-state index is 14.0. The molecule has 2 rings (SSSR count). The minimum Gasteiger partial charge on any atom is -0.481 e. The summed E-state index contributed by atoms with van der Waals surface area (Å²) in [6.45, 7) is 1.99. The zero-order valence-electron chi connectivity index (χ0n) is 10.7. The first-order valence-corrected chi connectivity index (χ1v) is 6.62. The lowest BCUT2D eigenvalue weighted by molar-refractivity contribution is -0.145. The second-order valence-electron chi connectivity index (χ2n) is 5.12. The fourth-order valence-electron chi connectivity index (χ4n) is 2.91. The second kappa shape index (κ2) is 5.09. The van der Waals surface area contributed by atoms with E-state index in [2.05, 4.69) is 0 Å². The fraction of sp³-hybridized carbons (Fsp3) is 0.533. The number of rotatable bonds is 3. The van der Waals surface area contributed by atoms with Gasteiger partial charge < -0.3 is 5.11 Å². The monoisotopic (exact) mass is 250 g/mol. The Morgan fingerprint density at radius 2 is 2.00 bits per heavy atom. The minimum atomic E-state index is -1.01. The van der Waals surface area contributed by atoms with Gasteiger partial charge in [-0.25, -0.2) is 4.39 Å². The lowest BCUT2D eigenvalue weighted by atomic mass is 9.69. The fourth-order valence-corrected chi connectivity index (χ4v) is 2.91. The molecule has 1 aliphatic carbocycles. The van der Waals surface area contributed by atoms with Crippen LogP contribution in [0.4, 0.5) is 4.39 Å². The molecule has 1 fully saturated rings. The van der Waals surface area contributed by atoms with Crippen molar-refractivity contribution in [1.29, 1.82) is 0 Å². The summed E-state index contributed by atoms with van der Waals surface area (Å²) >= 11 is 0. The van der Waals surface area contributed by atoms with Gasteiger partial charge in [0.2, 0.25) is 0 Å². The van der Waals surface area contributed by atoms with E-state index in [4.69, 9.17) is 0 Å². The van der Waals surface area contributed by atoms with E-state index in [9.17, 15) is 14.3 Å². The van der Waals surface area contributed by atoms with Gasteiger partial charge in [0.15, 0.2) is 0 Å². The second-order valence-corrected chi connectivity index (χ2v) is 5.12. The van der Waals surface area contributed by atoms with Crippen LogP contribution in [0.25, 0.3) is 0 Å². The number of carboxylic acid groups (broad SMARTS) is 1. The molecule has 1 saturated carbocycles. The molecular weight excluding hydrogens is 231 g/mol. The Hall–Kier alpha value is -1.38. The van der Waals surface area contributed by atoms with Crippen molar-refractivity contribution < 1.29 is 14.3 Å². The highest BCUT2D eigenvalue weighted by atomic mass is 19.1. The molecule has 0 amide bonds. The molecule has 98 valence electrons. The first-order valence-electron chi connectivity index (χ1n) is 6.62. The number of carboxylic acids is 1. The summed E-state index contributed by atoms with van der Waals surface area (Å²) in [5.74, 6) is -1.26. The number of aliphatic carboxylic acids is 1. The molecule has 18 heavy (non-hydrogen) atoms. The zero-order valence-corrected chi connectivity index (χ0v) is 10.7. The van der Waals surface area contributed by atoms with Crippen LogP contribution in [0, 0.1) is 5.82 Å². The SMILES string of the molecule is CCc1ccc(F)c(C2(C(=O)O)CCCCC2)c1. The Morgan fingerprint density at radius 3 is 2.56 bits per heavy atom. The maximum Gasteiger partial charge on any atom is 0.314 e. The van der Waals surface area contributed by atoms with Gasteiger partial charge in [0.25, 0.3) is 0 Å². The van der Waals surface area contributed by atoms with Crippen molar-refractivity contribution in [2.45, 2.75) is 50.9 Å². The third kappa shape index (κ3) is 2.14. The van der Waals surface area contributed by atoms with Gasteiger partial charge in [-0.3, -0.25) is 4.79 Å². The van der Waals surface area contributed by atoms with Gasteiger partial charge >= 0.3 is 5.97 Å². The molecular formula is C15H19FO2. The third-order valence-electron chi connectivity index (χ3n) is 4.07. The minimum absolute atomic E-state index is 0.378. The topological polar surface area (TPSA) is 37.3 Å². The number of carbonyl (C=O) groups is 1. The maximum atomic E-state index is 14.0. The van der Waals surface area contributed by atoms with E-state index < -0.39 is 11.4 Å². The number of halogens is 1. The highest BCUT2D eigenvalue weighted by molar-refractivity contribution is 5.81. The number of aryl methyl sites for hydroxylation is 1.